The van der Waals surface area contributed by atoms with Crippen molar-refractivity contribution >= 4 is 5.95 Å². The highest BCUT2D eigenvalue weighted by atomic mass is 16.5. The first-order chi connectivity index (χ1) is 8.70. The van der Waals surface area contributed by atoms with Crippen molar-refractivity contribution in [3.8, 4) is 0 Å². The molecule has 1 aromatic heterocycles. The van der Waals surface area contributed by atoms with Crippen LogP contribution in [0.15, 0.2) is 6.20 Å². The molecule has 1 aromatic rings. The summed E-state index contributed by atoms with van der Waals surface area (Å²) < 4.78 is 12.9. The van der Waals surface area contributed by atoms with Crippen molar-refractivity contribution in [2.45, 2.75) is 45.4 Å². The fourth-order valence-electron chi connectivity index (χ4n) is 2.32. The van der Waals surface area contributed by atoms with Gasteiger partial charge in [0.1, 0.15) is 0 Å². The van der Waals surface area contributed by atoms with Crippen LogP contribution in [0.4, 0.5) is 5.95 Å². The number of nitrogens with one attached hydrogen (secondary N) is 1. The van der Waals surface area contributed by atoms with Gasteiger partial charge in [0.05, 0.1) is 24.4 Å². The highest BCUT2D eigenvalue weighted by molar-refractivity contribution is 5.30. The average molecular weight is 253 g/mol. The number of aromatic nitrogens is 2. The Balaban J connectivity index is 1.98. The van der Waals surface area contributed by atoms with Crippen molar-refractivity contribution < 1.29 is 9.47 Å². The molecule has 5 heteroatoms. The summed E-state index contributed by atoms with van der Waals surface area (Å²) in [6, 6.07) is 0.288. The maximum Gasteiger partial charge on any atom is 0.203 e. The van der Waals surface area contributed by atoms with E-state index in [1.54, 1.807) is 7.11 Å². The van der Waals surface area contributed by atoms with Gasteiger partial charge in [-0.3, -0.25) is 0 Å². The Morgan fingerprint density at radius 3 is 3.17 bits per heavy atom. The molecule has 0 radical (unpaired) electrons. The van der Waals surface area contributed by atoms with E-state index in [0.29, 0.717) is 12.7 Å². The second-order valence-corrected chi connectivity index (χ2v) is 4.88. The largest absolute Gasteiger partial charge is 0.383 e. The molecule has 102 valence electrons. The molecule has 1 aliphatic rings. The monoisotopic (exact) mass is 253 g/mol. The molecule has 0 spiro atoms. The maximum atomic E-state index is 5.69. The number of ether oxygens (including phenoxy) is 2. The number of anilines is 1. The van der Waals surface area contributed by atoms with Gasteiger partial charge >= 0.3 is 0 Å². The summed E-state index contributed by atoms with van der Waals surface area (Å²) in [6.07, 6.45) is 4.64. The fraction of sp³-hybridized carbons (Fsp3) is 0.769. The van der Waals surface area contributed by atoms with Crippen LogP contribution in [0.3, 0.4) is 0 Å². The van der Waals surface area contributed by atoms with Crippen LogP contribution in [0.5, 0.6) is 0 Å². The third-order valence-corrected chi connectivity index (χ3v) is 3.31. The molecule has 1 fully saturated rings. The number of hydrogen-bond acceptors (Lipinski definition) is 4. The molecule has 2 unspecified atom stereocenters. The van der Waals surface area contributed by atoms with Gasteiger partial charge < -0.3 is 19.4 Å². The van der Waals surface area contributed by atoms with E-state index in [4.69, 9.17) is 9.47 Å². The number of aryl methyl sites for hydroxylation is 1. The van der Waals surface area contributed by atoms with Crippen LogP contribution >= 0.6 is 0 Å². The molecule has 0 aliphatic carbocycles. The van der Waals surface area contributed by atoms with Gasteiger partial charge in [-0.05, 0) is 26.7 Å². The second kappa shape index (κ2) is 6.20. The second-order valence-electron chi connectivity index (χ2n) is 4.88. The van der Waals surface area contributed by atoms with E-state index < -0.39 is 0 Å². The Kier molecular flexibility index (Phi) is 4.60. The molecule has 2 heterocycles. The highest BCUT2D eigenvalue weighted by Crippen LogP contribution is 2.19. The van der Waals surface area contributed by atoms with E-state index in [2.05, 4.69) is 21.8 Å². The minimum atomic E-state index is 0.288. The SMILES string of the molecule is COCCn1cc(C)nc1NC(C)C1CCCO1. The quantitative estimate of drug-likeness (QED) is 0.840. The number of imidazole rings is 1. The van der Waals surface area contributed by atoms with E-state index in [1.807, 2.05) is 13.1 Å². The third kappa shape index (κ3) is 3.23. The van der Waals surface area contributed by atoms with Gasteiger partial charge in [0.15, 0.2) is 0 Å². The van der Waals surface area contributed by atoms with Crippen LogP contribution in [0.1, 0.15) is 25.5 Å². The summed E-state index contributed by atoms with van der Waals surface area (Å²) in [4.78, 5) is 4.52. The van der Waals surface area contributed by atoms with Crippen LogP contribution < -0.4 is 5.32 Å². The van der Waals surface area contributed by atoms with Gasteiger partial charge in [0.2, 0.25) is 5.95 Å². The number of methoxy groups -OCH3 is 1. The maximum absolute atomic E-state index is 5.69. The standard InChI is InChI=1S/C13H23N3O2/c1-10-9-16(6-8-17-3)13(14-10)15-11(2)12-5-4-7-18-12/h9,11-12H,4-8H2,1-3H3,(H,14,15). The summed E-state index contributed by atoms with van der Waals surface area (Å²) >= 11 is 0. The van der Waals surface area contributed by atoms with Gasteiger partial charge in [0.25, 0.3) is 0 Å². The molecule has 2 rings (SSSR count). The zero-order valence-electron chi connectivity index (χ0n) is 11.5. The van der Waals surface area contributed by atoms with Gasteiger partial charge in [0, 0.05) is 26.5 Å². The van der Waals surface area contributed by atoms with Crippen molar-refractivity contribution in [1.29, 1.82) is 0 Å². The normalized spacial score (nSPS) is 21.2. The minimum Gasteiger partial charge on any atom is -0.383 e. The Morgan fingerprint density at radius 1 is 1.67 bits per heavy atom. The number of rotatable bonds is 6. The van der Waals surface area contributed by atoms with Crippen LogP contribution in [0.2, 0.25) is 0 Å². The van der Waals surface area contributed by atoms with Crippen molar-refractivity contribution in [3.63, 3.8) is 0 Å². The molecular formula is C13H23N3O2. The third-order valence-electron chi connectivity index (χ3n) is 3.31. The summed E-state index contributed by atoms with van der Waals surface area (Å²) in [5.74, 6) is 0.910. The topological polar surface area (TPSA) is 48.3 Å². The molecule has 0 amide bonds. The predicted octanol–water partition coefficient (Wildman–Crippen LogP) is 1.82. The molecular weight excluding hydrogens is 230 g/mol. The average Bonchev–Trinajstić information content (AvgIpc) is 2.96. The van der Waals surface area contributed by atoms with E-state index >= 15 is 0 Å². The number of hydrogen-bond donors (Lipinski definition) is 1. The lowest BCUT2D eigenvalue weighted by Crippen LogP contribution is -2.31. The first-order valence-electron chi connectivity index (χ1n) is 6.61. The highest BCUT2D eigenvalue weighted by Gasteiger charge is 2.23. The van der Waals surface area contributed by atoms with Gasteiger partial charge in [-0.2, -0.15) is 0 Å². The van der Waals surface area contributed by atoms with Crippen molar-refractivity contribution in [2.75, 3.05) is 25.6 Å². The minimum absolute atomic E-state index is 0.288. The van der Waals surface area contributed by atoms with Crippen LogP contribution in [-0.4, -0.2) is 42.0 Å². The lowest BCUT2D eigenvalue weighted by molar-refractivity contribution is 0.0993. The zero-order valence-corrected chi connectivity index (χ0v) is 11.5. The van der Waals surface area contributed by atoms with Crippen LogP contribution in [0.25, 0.3) is 0 Å². The smallest absolute Gasteiger partial charge is 0.203 e. The van der Waals surface area contributed by atoms with Crippen molar-refractivity contribution in [3.05, 3.63) is 11.9 Å². The van der Waals surface area contributed by atoms with Crippen molar-refractivity contribution in [2.24, 2.45) is 0 Å². The molecule has 1 saturated heterocycles. The molecule has 1 N–H and O–H groups in total. The Bertz CT molecular complexity index is 372. The van der Waals surface area contributed by atoms with Gasteiger partial charge in [-0.1, -0.05) is 0 Å². The summed E-state index contributed by atoms with van der Waals surface area (Å²) in [7, 11) is 1.71. The first kappa shape index (κ1) is 13.4. The van der Waals surface area contributed by atoms with Crippen LogP contribution in [-0.2, 0) is 16.0 Å². The molecule has 18 heavy (non-hydrogen) atoms. The lowest BCUT2D eigenvalue weighted by Gasteiger charge is -2.21. The van der Waals surface area contributed by atoms with E-state index in [1.165, 1.54) is 0 Å². The van der Waals surface area contributed by atoms with Gasteiger partial charge in [-0.15, -0.1) is 0 Å². The van der Waals surface area contributed by atoms with Crippen molar-refractivity contribution in [1.82, 2.24) is 9.55 Å². The van der Waals surface area contributed by atoms with E-state index in [-0.39, 0.29) is 6.04 Å². The van der Waals surface area contributed by atoms with E-state index in [9.17, 15) is 0 Å². The lowest BCUT2D eigenvalue weighted by atomic mass is 10.1. The fourth-order valence-corrected chi connectivity index (χ4v) is 2.32. The first-order valence-corrected chi connectivity index (χ1v) is 6.61. The van der Waals surface area contributed by atoms with E-state index in [0.717, 1.165) is 37.6 Å². The summed E-state index contributed by atoms with van der Waals surface area (Å²) in [5.41, 5.74) is 1.02. The molecule has 1 aliphatic heterocycles. The Morgan fingerprint density at radius 2 is 2.50 bits per heavy atom. The van der Waals surface area contributed by atoms with Gasteiger partial charge in [-0.25, -0.2) is 4.98 Å². The Hall–Kier alpha value is -1.07. The zero-order chi connectivity index (χ0) is 13.0. The predicted molar refractivity (Wildman–Crippen MR) is 70.9 cm³/mol. The summed E-state index contributed by atoms with van der Waals surface area (Å²) in [6.45, 7) is 6.55. The Labute approximate surface area is 108 Å². The molecule has 2 atom stereocenters. The number of nitrogens with zero attached hydrogens (tertiary/aromatic N) is 2. The molecule has 5 nitrogen and oxygen atoms in total. The molecule has 0 bridgehead atoms. The molecule has 0 aromatic carbocycles. The van der Waals surface area contributed by atoms with Crippen LogP contribution in [0, 0.1) is 6.92 Å². The summed E-state index contributed by atoms with van der Waals surface area (Å²) in [5, 5.41) is 3.45. The molecule has 0 saturated carbocycles.